The van der Waals surface area contributed by atoms with Crippen LogP contribution in [0.3, 0.4) is 0 Å². The predicted octanol–water partition coefficient (Wildman–Crippen LogP) is 2.64. The molecular formula is C8H9BrN2S. The van der Waals surface area contributed by atoms with E-state index >= 15 is 0 Å². The van der Waals surface area contributed by atoms with Gasteiger partial charge in [-0.1, -0.05) is 0 Å². The van der Waals surface area contributed by atoms with E-state index in [2.05, 4.69) is 22.0 Å². The van der Waals surface area contributed by atoms with Gasteiger partial charge in [0.25, 0.3) is 0 Å². The summed E-state index contributed by atoms with van der Waals surface area (Å²) >= 11 is 5.01. The van der Waals surface area contributed by atoms with Gasteiger partial charge in [0.15, 0.2) is 0 Å². The fourth-order valence-corrected chi connectivity index (χ4v) is 2.64. The van der Waals surface area contributed by atoms with Crippen LogP contribution in [0.2, 0.25) is 0 Å². The quantitative estimate of drug-likeness (QED) is 0.800. The Morgan fingerprint density at radius 3 is 2.67 bits per heavy atom. The Kier molecular flexibility index (Phi) is 3.27. The first-order chi connectivity index (χ1) is 5.66. The summed E-state index contributed by atoms with van der Waals surface area (Å²) in [6.45, 7) is 0. The van der Waals surface area contributed by atoms with Gasteiger partial charge in [0.05, 0.1) is 10.9 Å². The van der Waals surface area contributed by atoms with Gasteiger partial charge in [-0.3, -0.25) is 4.90 Å². The minimum Gasteiger partial charge on any atom is -0.290 e. The summed E-state index contributed by atoms with van der Waals surface area (Å²) in [5.74, 6) is 0. The first-order valence-corrected chi connectivity index (χ1v) is 5.13. The molecule has 1 unspecified atom stereocenters. The van der Waals surface area contributed by atoms with E-state index in [9.17, 15) is 0 Å². The van der Waals surface area contributed by atoms with Crippen molar-refractivity contribution >= 4 is 27.3 Å². The molecule has 0 radical (unpaired) electrons. The van der Waals surface area contributed by atoms with Crippen LogP contribution in [0.25, 0.3) is 0 Å². The molecule has 64 valence electrons. The topological polar surface area (TPSA) is 27.0 Å². The van der Waals surface area contributed by atoms with Gasteiger partial charge in [0.2, 0.25) is 0 Å². The molecule has 4 heteroatoms. The molecule has 1 aromatic rings. The Morgan fingerprint density at radius 1 is 1.67 bits per heavy atom. The first kappa shape index (κ1) is 9.72. The van der Waals surface area contributed by atoms with Gasteiger partial charge in [-0.05, 0) is 41.5 Å². The predicted molar refractivity (Wildman–Crippen MR) is 54.1 cm³/mol. The van der Waals surface area contributed by atoms with Gasteiger partial charge in [-0.15, -0.1) is 11.3 Å². The number of nitrogens with zero attached hydrogens (tertiary/aromatic N) is 2. The summed E-state index contributed by atoms with van der Waals surface area (Å²) in [6, 6.07) is 4.08. The second-order valence-corrected chi connectivity index (χ2v) is 4.43. The van der Waals surface area contributed by atoms with Crippen molar-refractivity contribution in [1.29, 1.82) is 5.26 Å². The Hall–Kier alpha value is -0.370. The van der Waals surface area contributed by atoms with Crippen LogP contribution >= 0.6 is 27.3 Å². The van der Waals surface area contributed by atoms with E-state index in [0.29, 0.717) is 0 Å². The van der Waals surface area contributed by atoms with E-state index in [1.54, 1.807) is 11.3 Å². The average Bonchev–Trinajstić information content (AvgIpc) is 2.38. The molecular weight excluding hydrogens is 236 g/mol. The van der Waals surface area contributed by atoms with Gasteiger partial charge >= 0.3 is 0 Å². The fourth-order valence-electron chi connectivity index (χ4n) is 0.909. The van der Waals surface area contributed by atoms with Crippen LogP contribution in [0.5, 0.6) is 0 Å². The standard InChI is InChI=1S/C8H9BrN2S/c1-11(2)7(5-10)8-6(9)3-4-12-8/h3-4,7H,1-2H3. The van der Waals surface area contributed by atoms with E-state index in [1.165, 1.54) is 0 Å². The highest BCUT2D eigenvalue weighted by atomic mass is 79.9. The maximum absolute atomic E-state index is 8.89. The molecule has 0 aliphatic carbocycles. The molecule has 1 atom stereocenters. The van der Waals surface area contributed by atoms with Crippen LogP contribution in [0.4, 0.5) is 0 Å². The summed E-state index contributed by atoms with van der Waals surface area (Å²) in [5, 5.41) is 10.9. The zero-order chi connectivity index (χ0) is 9.14. The summed E-state index contributed by atoms with van der Waals surface area (Å²) in [4.78, 5) is 2.97. The monoisotopic (exact) mass is 244 g/mol. The zero-order valence-corrected chi connectivity index (χ0v) is 9.32. The number of thiophene rings is 1. The van der Waals surface area contributed by atoms with Crippen LogP contribution < -0.4 is 0 Å². The van der Waals surface area contributed by atoms with E-state index in [0.717, 1.165) is 9.35 Å². The van der Waals surface area contributed by atoms with Crippen LogP contribution in [0, 0.1) is 11.3 Å². The Bertz CT molecular complexity index is 300. The summed E-state index contributed by atoms with van der Waals surface area (Å²) in [5.41, 5.74) is 0. The lowest BCUT2D eigenvalue weighted by molar-refractivity contribution is 0.361. The molecule has 1 aromatic heterocycles. The highest BCUT2D eigenvalue weighted by Gasteiger charge is 2.16. The van der Waals surface area contributed by atoms with E-state index < -0.39 is 0 Å². The second kappa shape index (κ2) is 4.04. The molecule has 0 N–H and O–H groups in total. The van der Waals surface area contributed by atoms with Crippen molar-refractivity contribution in [1.82, 2.24) is 4.90 Å². The third kappa shape index (κ3) is 1.86. The summed E-state index contributed by atoms with van der Waals surface area (Å²) in [7, 11) is 3.81. The second-order valence-electron chi connectivity index (χ2n) is 2.63. The van der Waals surface area contributed by atoms with E-state index in [1.807, 2.05) is 30.4 Å². The molecule has 0 amide bonds. The summed E-state index contributed by atoms with van der Waals surface area (Å²) < 4.78 is 1.02. The lowest BCUT2D eigenvalue weighted by Crippen LogP contribution is -2.17. The third-order valence-electron chi connectivity index (χ3n) is 1.53. The van der Waals surface area contributed by atoms with Gasteiger partial charge < -0.3 is 0 Å². The molecule has 1 heterocycles. The molecule has 0 aliphatic rings. The smallest absolute Gasteiger partial charge is 0.133 e. The van der Waals surface area contributed by atoms with Gasteiger partial charge in [-0.2, -0.15) is 5.26 Å². The lowest BCUT2D eigenvalue weighted by Gasteiger charge is -2.15. The van der Waals surface area contributed by atoms with Gasteiger partial charge in [0, 0.05) is 4.47 Å². The van der Waals surface area contributed by atoms with Crippen LogP contribution in [0.15, 0.2) is 15.9 Å². The van der Waals surface area contributed by atoms with Crippen molar-refractivity contribution in [3.05, 3.63) is 20.8 Å². The third-order valence-corrected chi connectivity index (χ3v) is 3.46. The SMILES string of the molecule is CN(C)C(C#N)c1sccc1Br. The fraction of sp³-hybridized carbons (Fsp3) is 0.375. The van der Waals surface area contributed by atoms with Crippen LogP contribution in [-0.4, -0.2) is 19.0 Å². The van der Waals surface area contributed by atoms with E-state index in [-0.39, 0.29) is 6.04 Å². The number of nitriles is 1. The molecule has 0 aromatic carbocycles. The highest BCUT2D eigenvalue weighted by molar-refractivity contribution is 9.10. The maximum Gasteiger partial charge on any atom is 0.133 e. The van der Waals surface area contributed by atoms with Crippen molar-refractivity contribution in [2.24, 2.45) is 0 Å². The highest BCUT2D eigenvalue weighted by Crippen LogP contribution is 2.30. The minimum absolute atomic E-state index is 0.139. The van der Waals surface area contributed by atoms with Crippen LogP contribution in [0.1, 0.15) is 10.9 Å². The molecule has 0 bridgehead atoms. The van der Waals surface area contributed by atoms with E-state index in [4.69, 9.17) is 5.26 Å². The van der Waals surface area contributed by atoms with Crippen molar-refractivity contribution in [2.45, 2.75) is 6.04 Å². The van der Waals surface area contributed by atoms with Gasteiger partial charge in [0.1, 0.15) is 6.04 Å². The maximum atomic E-state index is 8.89. The molecule has 0 spiro atoms. The van der Waals surface area contributed by atoms with Crippen molar-refractivity contribution in [3.8, 4) is 6.07 Å². The number of hydrogen-bond acceptors (Lipinski definition) is 3. The Morgan fingerprint density at radius 2 is 2.33 bits per heavy atom. The first-order valence-electron chi connectivity index (χ1n) is 3.45. The minimum atomic E-state index is -0.139. The van der Waals surface area contributed by atoms with Crippen molar-refractivity contribution < 1.29 is 0 Å². The average molecular weight is 245 g/mol. The Labute approximate surface area is 84.6 Å². The number of hydrogen-bond donors (Lipinski definition) is 0. The van der Waals surface area contributed by atoms with Crippen molar-refractivity contribution in [2.75, 3.05) is 14.1 Å². The molecule has 0 saturated heterocycles. The molecule has 0 saturated carbocycles. The molecule has 2 nitrogen and oxygen atoms in total. The Balaban J connectivity index is 2.97. The van der Waals surface area contributed by atoms with Crippen LogP contribution in [-0.2, 0) is 0 Å². The van der Waals surface area contributed by atoms with Crippen molar-refractivity contribution in [3.63, 3.8) is 0 Å². The lowest BCUT2D eigenvalue weighted by atomic mass is 10.2. The molecule has 0 aliphatic heterocycles. The molecule has 1 rings (SSSR count). The summed E-state index contributed by atoms with van der Waals surface area (Å²) in [6.07, 6.45) is 0. The number of rotatable bonds is 2. The van der Waals surface area contributed by atoms with Gasteiger partial charge in [-0.25, -0.2) is 0 Å². The number of halogens is 1. The molecule has 12 heavy (non-hydrogen) atoms. The zero-order valence-electron chi connectivity index (χ0n) is 6.91. The normalized spacial score (nSPS) is 12.9. The largest absolute Gasteiger partial charge is 0.290 e. The molecule has 0 fully saturated rings.